The third kappa shape index (κ3) is 3.29. The molecule has 1 spiro atoms. The maximum Gasteiger partial charge on any atom is 0.253 e. The first-order valence-electron chi connectivity index (χ1n) is 11.0. The van der Waals surface area contributed by atoms with Gasteiger partial charge in [0.1, 0.15) is 5.82 Å². The third-order valence-electron chi connectivity index (χ3n) is 6.87. The summed E-state index contributed by atoms with van der Waals surface area (Å²) in [6, 6.07) is 23.6. The van der Waals surface area contributed by atoms with Gasteiger partial charge in [-0.15, -0.1) is 0 Å². The zero-order valence-electron chi connectivity index (χ0n) is 18.0. The van der Waals surface area contributed by atoms with Gasteiger partial charge in [0.2, 0.25) is 5.91 Å². The number of carbonyl (C=O) groups excluding carboxylic acids is 2. The molecule has 2 heterocycles. The lowest BCUT2D eigenvalue weighted by Crippen LogP contribution is -2.67. The van der Waals surface area contributed by atoms with Crippen molar-refractivity contribution in [2.24, 2.45) is 5.41 Å². The van der Waals surface area contributed by atoms with E-state index in [2.05, 4.69) is 0 Å². The Morgan fingerprint density at radius 2 is 1.62 bits per heavy atom. The maximum atomic E-state index is 13.9. The van der Waals surface area contributed by atoms with Crippen molar-refractivity contribution in [3.8, 4) is 0 Å². The van der Waals surface area contributed by atoms with Crippen molar-refractivity contribution in [1.82, 2.24) is 4.90 Å². The SMILES string of the molecule is Cc1ccc(C(=O)N2CCC3(CC2)C(=O)N(c2cccc(F)c2)C3c2ccccc2)cc1. The smallest absolute Gasteiger partial charge is 0.253 e. The van der Waals surface area contributed by atoms with Crippen LogP contribution in [-0.4, -0.2) is 29.8 Å². The minimum absolute atomic E-state index is 0.00451. The van der Waals surface area contributed by atoms with Crippen molar-refractivity contribution in [3.63, 3.8) is 0 Å². The second-order valence-corrected chi connectivity index (χ2v) is 8.78. The molecule has 0 saturated carbocycles. The monoisotopic (exact) mass is 428 g/mol. The molecule has 0 N–H and O–H groups in total. The predicted octanol–water partition coefficient (Wildman–Crippen LogP) is 5.14. The Balaban J connectivity index is 1.42. The lowest BCUT2D eigenvalue weighted by Gasteiger charge is -2.59. The number of carbonyl (C=O) groups is 2. The predicted molar refractivity (Wildman–Crippen MR) is 122 cm³/mol. The van der Waals surface area contributed by atoms with Gasteiger partial charge in [0.15, 0.2) is 0 Å². The normalized spacial score (nSPS) is 19.7. The average Bonchev–Trinajstić information content (AvgIpc) is 2.82. The number of rotatable bonds is 3. The molecule has 3 aromatic rings. The number of aryl methyl sites for hydroxylation is 1. The van der Waals surface area contributed by atoms with E-state index in [0.29, 0.717) is 37.2 Å². The van der Waals surface area contributed by atoms with Crippen LogP contribution < -0.4 is 4.90 Å². The lowest BCUT2D eigenvalue weighted by molar-refractivity contribution is -0.144. The van der Waals surface area contributed by atoms with Crippen LogP contribution in [-0.2, 0) is 4.79 Å². The van der Waals surface area contributed by atoms with Crippen molar-refractivity contribution in [2.75, 3.05) is 18.0 Å². The van der Waals surface area contributed by atoms with Gasteiger partial charge >= 0.3 is 0 Å². The summed E-state index contributed by atoms with van der Waals surface area (Å²) in [7, 11) is 0. The number of likely N-dealkylation sites (tertiary alicyclic amines) is 1. The number of anilines is 1. The summed E-state index contributed by atoms with van der Waals surface area (Å²) < 4.78 is 13.9. The largest absolute Gasteiger partial charge is 0.339 e. The minimum atomic E-state index is -0.572. The van der Waals surface area contributed by atoms with Crippen LogP contribution in [0.15, 0.2) is 78.9 Å². The quantitative estimate of drug-likeness (QED) is 0.542. The molecule has 3 aromatic carbocycles. The summed E-state index contributed by atoms with van der Waals surface area (Å²) in [5.74, 6) is -0.342. The fraction of sp³-hybridized carbons (Fsp3) is 0.259. The molecule has 5 rings (SSSR count). The fourth-order valence-corrected chi connectivity index (χ4v) is 5.13. The van der Waals surface area contributed by atoms with Crippen LogP contribution >= 0.6 is 0 Å². The Morgan fingerprint density at radius 1 is 0.938 bits per heavy atom. The van der Waals surface area contributed by atoms with Gasteiger partial charge in [-0.05, 0) is 55.7 Å². The molecule has 5 heteroatoms. The van der Waals surface area contributed by atoms with Crippen LogP contribution in [0.5, 0.6) is 0 Å². The van der Waals surface area contributed by atoms with Gasteiger partial charge in [-0.3, -0.25) is 9.59 Å². The highest BCUT2D eigenvalue weighted by atomic mass is 19.1. The molecule has 2 aliphatic rings. The Hall–Kier alpha value is -3.47. The molecule has 162 valence electrons. The molecule has 0 bridgehead atoms. The lowest BCUT2D eigenvalue weighted by atomic mass is 9.62. The third-order valence-corrected chi connectivity index (χ3v) is 6.87. The van der Waals surface area contributed by atoms with Crippen LogP contribution in [0.1, 0.15) is 40.4 Å². The van der Waals surface area contributed by atoms with Crippen LogP contribution in [0.4, 0.5) is 10.1 Å². The first-order valence-corrected chi connectivity index (χ1v) is 11.0. The molecule has 2 aliphatic heterocycles. The van der Waals surface area contributed by atoms with Crippen molar-refractivity contribution < 1.29 is 14.0 Å². The first-order chi connectivity index (χ1) is 15.5. The summed E-state index contributed by atoms with van der Waals surface area (Å²) in [5, 5.41) is 0. The summed E-state index contributed by atoms with van der Waals surface area (Å²) in [5.41, 5.74) is 2.83. The number of piperidine rings is 1. The van der Waals surface area contributed by atoms with E-state index in [9.17, 15) is 14.0 Å². The molecule has 1 atom stereocenters. The number of β-lactam (4-membered cyclic amide) rings is 1. The second-order valence-electron chi connectivity index (χ2n) is 8.78. The Morgan fingerprint density at radius 3 is 2.28 bits per heavy atom. The molecule has 1 unspecified atom stereocenters. The number of hydrogen-bond donors (Lipinski definition) is 0. The van der Waals surface area contributed by atoms with Gasteiger partial charge in [-0.2, -0.15) is 0 Å². The van der Waals surface area contributed by atoms with E-state index < -0.39 is 5.41 Å². The van der Waals surface area contributed by atoms with E-state index in [4.69, 9.17) is 0 Å². The van der Waals surface area contributed by atoms with Gasteiger partial charge in [-0.25, -0.2) is 4.39 Å². The van der Waals surface area contributed by atoms with E-state index in [1.807, 2.05) is 66.4 Å². The maximum absolute atomic E-state index is 13.9. The number of halogens is 1. The molecule has 0 radical (unpaired) electrons. The van der Waals surface area contributed by atoms with Crippen molar-refractivity contribution in [1.29, 1.82) is 0 Å². The van der Waals surface area contributed by atoms with Crippen LogP contribution in [0.3, 0.4) is 0 Å². The first kappa shape index (κ1) is 20.4. The number of nitrogens with zero attached hydrogens (tertiary/aromatic N) is 2. The van der Waals surface area contributed by atoms with Crippen LogP contribution in [0.25, 0.3) is 0 Å². The van der Waals surface area contributed by atoms with E-state index in [1.165, 1.54) is 12.1 Å². The highest BCUT2D eigenvalue weighted by Gasteiger charge is 2.62. The van der Waals surface area contributed by atoms with Crippen molar-refractivity contribution in [3.05, 3.63) is 101 Å². The molecule has 2 fully saturated rings. The number of benzene rings is 3. The summed E-state index contributed by atoms with van der Waals surface area (Å²) in [4.78, 5) is 30.1. The van der Waals surface area contributed by atoms with Gasteiger partial charge in [-0.1, -0.05) is 54.1 Å². The molecular formula is C27H25FN2O2. The van der Waals surface area contributed by atoms with E-state index in [-0.39, 0.29) is 23.7 Å². The Kier molecular flexibility index (Phi) is 5.04. The molecule has 4 nitrogen and oxygen atoms in total. The Bertz CT molecular complexity index is 1150. The molecule has 2 amide bonds. The second kappa shape index (κ2) is 7.90. The highest BCUT2D eigenvalue weighted by Crippen LogP contribution is 2.57. The molecular weight excluding hydrogens is 403 g/mol. The fourth-order valence-electron chi connectivity index (χ4n) is 5.13. The molecule has 0 aliphatic carbocycles. The standard InChI is InChI=1S/C27H25FN2O2/c1-19-10-12-21(13-11-19)25(31)29-16-14-27(15-17-29)24(20-6-3-2-4-7-20)30(26(27)32)23-9-5-8-22(28)18-23/h2-13,18,24H,14-17H2,1H3. The number of amides is 2. The van der Waals surface area contributed by atoms with Crippen molar-refractivity contribution >= 4 is 17.5 Å². The average molecular weight is 429 g/mol. The Labute approximate surface area is 187 Å². The van der Waals surface area contributed by atoms with E-state index >= 15 is 0 Å². The van der Waals surface area contributed by atoms with Crippen LogP contribution in [0.2, 0.25) is 0 Å². The van der Waals surface area contributed by atoms with Gasteiger partial charge in [0, 0.05) is 24.3 Å². The van der Waals surface area contributed by atoms with E-state index in [0.717, 1.165) is 11.1 Å². The zero-order valence-corrected chi connectivity index (χ0v) is 18.0. The summed E-state index contributed by atoms with van der Waals surface area (Å²) in [6.07, 6.45) is 1.18. The topological polar surface area (TPSA) is 40.6 Å². The van der Waals surface area contributed by atoms with Gasteiger partial charge < -0.3 is 9.80 Å². The molecule has 2 saturated heterocycles. The van der Waals surface area contributed by atoms with Crippen molar-refractivity contribution in [2.45, 2.75) is 25.8 Å². The van der Waals surface area contributed by atoms with Crippen LogP contribution in [0, 0.1) is 18.2 Å². The summed E-state index contributed by atoms with van der Waals surface area (Å²) >= 11 is 0. The molecule has 0 aromatic heterocycles. The van der Waals surface area contributed by atoms with E-state index in [1.54, 1.807) is 17.0 Å². The van der Waals surface area contributed by atoms with Gasteiger partial charge in [0.05, 0.1) is 11.5 Å². The van der Waals surface area contributed by atoms with Gasteiger partial charge in [0.25, 0.3) is 5.91 Å². The minimum Gasteiger partial charge on any atom is -0.339 e. The highest BCUT2D eigenvalue weighted by molar-refractivity contribution is 6.06. The molecule has 32 heavy (non-hydrogen) atoms. The number of hydrogen-bond acceptors (Lipinski definition) is 2. The zero-order chi connectivity index (χ0) is 22.3. The summed E-state index contributed by atoms with van der Waals surface area (Å²) in [6.45, 7) is 3.05.